The Morgan fingerprint density at radius 2 is 0.651 bits per heavy atom. The van der Waals surface area contributed by atoms with Crippen LogP contribution in [0.4, 0.5) is 0 Å². The van der Waals surface area contributed by atoms with Gasteiger partial charge in [-0.25, -0.2) is 0 Å². The summed E-state index contributed by atoms with van der Waals surface area (Å²) in [5.41, 5.74) is 0. The number of unbranched alkanes of at least 4 members (excludes halogenated alkanes) is 29. The van der Waals surface area contributed by atoms with Crippen molar-refractivity contribution in [3.8, 4) is 0 Å². The van der Waals surface area contributed by atoms with E-state index >= 15 is 0 Å². The minimum Gasteiger partial charge on any atom is -0.463 e. The van der Waals surface area contributed by atoms with Gasteiger partial charge in [0, 0.05) is 19.4 Å². The lowest BCUT2D eigenvalue weighted by Gasteiger charge is -2.18. The molecule has 0 aliphatic heterocycles. The predicted octanol–water partition coefficient (Wildman–Crippen LogP) is 18.5. The lowest BCUT2D eigenvalue weighted by atomic mass is 10.0. The maximum absolute atomic E-state index is 12.6. The van der Waals surface area contributed by atoms with E-state index in [1.54, 1.807) is 0 Å². The molecule has 0 heterocycles. The molecule has 0 saturated carbocycles. The molecule has 0 aromatic rings. The van der Waals surface area contributed by atoms with E-state index in [4.69, 9.17) is 14.2 Å². The summed E-state index contributed by atoms with van der Waals surface area (Å²) in [7, 11) is 0. The summed E-state index contributed by atoms with van der Waals surface area (Å²) in [5, 5.41) is 0. The van der Waals surface area contributed by atoms with Gasteiger partial charge in [-0.05, 0) is 64.2 Å². The third-order valence-corrected chi connectivity index (χ3v) is 11.9. The van der Waals surface area contributed by atoms with Gasteiger partial charge in [-0.2, -0.15) is 0 Å². The predicted molar refractivity (Wildman–Crippen MR) is 274 cm³/mol. The highest BCUT2D eigenvalue weighted by atomic mass is 16.6. The summed E-state index contributed by atoms with van der Waals surface area (Å²) in [6.45, 7) is 7.61. The molecular formula is C58H104O5. The van der Waals surface area contributed by atoms with Gasteiger partial charge in [-0.3, -0.25) is 9.59 Å². The van der Waals surface area contributed by atoms with Crippen LogP contribution in [0.2, 0.25) is 0 Å². The van der Waals surface area contributed by atoms with Crippen LogP contribution in [0.3, 0.4) is 0 Å². The van der Waals surface area contributed by atoms with Crippen molar-refractivity contribution in [2.75, 3.05) is 19.8 Å². The highest BCUT2D eigenvalue weighted by Gasteiger charge is 2.16. The fraction of sp³-hybridized carbons (Fsp3) is 0.793. The van der Waals surface area contributed by atoms with E-state index in [9.17, 15) is 9.59 Å². The molecule has 0 aromatic heterocycles. The van der Waals surface area contributed by atoms with Gasteiger partial charge in [-0.15, -0.1) is 0 Å². The molecule has 0 bridgehead atoms. The second-order valence-electron chi connectivity index (χ2n) is 18.1. The zero-order valence-electron chi connectivity index (χ0n) is 42.1. The zero-order chi connectivity index (χ0) is 45.6. The van der Waals surface area contributed by atoms with Gasteiger partial charge in [0.15, 0.2) is 0 Å². The molecule has 0 aromatic carbocycles. The Morgan fingerprint density at radius 1 is 0.349 bits per heavy atom. The Labute approximate surface area is 392 Å². The number of ether oxygens (including phenoxy) is 3. The summed E-state index contributed by atoms with van der Waals surface area (Å²) in [5.74, 6) is -0.361. The smallest absolute Gasteiger partial charge is 0.305 e. The Balaban J connectivity index is 4.28. The maximum Gasteiger partial charge on any atom is 0.305 e. The molecule has 0 saturated heterocycles. The second kappa shape index (κ2) is 53.9. The van der Waals surface area contributed by atoms with E-state index in [-0.39, 0.29) is 25.2 Å². The van der Waals surface area contributed by atoms with Crippen LogP contribution in [0.1, 0.15) is 271 Å². The van der Waals surface area contributed by atoms with E-state index in [2.05, 4.69) is 81.5 Å². The molecule has 0 amide bonds. The third kappa shape index (κ3) is 52.1. The number of carbonyl (C=O) groups excluding carboxylic acids is 2. The van der Waals surface area contributed by atoms with Crippen molar-refractivity contribution in [2.24, 2.45) is 0 Å². The van der Waals surface area contributed by atoms with E-state index < -0.39 is 6.10 Å². The summed E-state index contributed by atoms with van der Waals surface area (Å²) < 4.78 is 17.4. The van der Waals surface area contributed by atoms with Gasteiger partial charge in [-0.1, -0.05) is 255 Å². The van der Waals surface area contributed by atoms with Gasteiger partial charge in [0.2, 0.25) is 0 Å². The average molecular weight is 881 g/mol. The van der Waals surface area contributed by atoms with Crippen molar-refractivity contribution in [1.82, 2.24) is 0 Å². The van der Waals surface area contributed by atoms with Crippen molar-refractivity contribution in [3.63, 3.8) is 0 Å². The molecular weight excluding hydrogens is 777 g/mol. The monoisotopic (exact) mass is 881 g/mol. The van der Waals surface area contributed by atoms with Gasteiger partial charge >= 0.3 is 11.9 Å². The van der Waals surface area contributed by atoms with Crippen LogP contribution in [-0.2, 0) is 23.8 Å². The molecule has 1 atom stereocenters. The van der Waals surface area contributed by atoms with Crippen molar-refractivity contribution >= 4 is 11.9 Å². The fourth-order valence-corrected chi connectivity index (χ4v) is 7.75. The fourth-order valence-electron chi connectivity index (χ4n) is 7.75. The largest absolute Gasteiger partial charge is 0.463 e. The number of hydrogen-bond donors (Lipinski definition) is 0. The minimum absolute atomic E-state index is 0.142. The number of esters is 2. The van der Waals surface area contributed by atoms with Gasteiger partial charge in [0.1, 0.15) is 19.3 Å². The number of hydrogen-bond acceptors (Lipinski definition) is 5. The van der Waals surface area contributed by atoms with E-state index in [0.717, 1.165) is 83.5 Å². The van der Waals surface area contributed by atoms with Crippen LogP contribution in [-0.4, -0.2) is 37.9 Å². The Hall–Kier alpha value is -2.40. The molecule has 63 heavy (non-hydrogen) atoms. The molecule has 0 fully saturated rings. The Bertz CT molecular complexity index is 1090. The van der Waals surface area contributed by atoms with E-state index in [1.165, 1.54) is 154 Å². The van der Waals surface area contributed by atoms with E-state index in [0.29, 0.717) is 19.4 Å². The van der Waals surface area contributed by atoms with Crippen LogP contribution < -0.4 is 0 Å². The van der Waals surface area contributed by atoms with Crippen molar-refractivity contribution in [3.05, 3.63) is 60.8 Å². The molecule has 0 aliphatic rings. The topological polar surface area (TPSA) is 61.8 Å². The molecule has 5 heteroatoms. The molecule has 366 valence electrons. The summed E-state index contributed by atoms with van der Waals surface area (Å²) in [6, 6.07) is 0. The molecule has 0 N–H and O–H groups in total. The Kier molecular flexibility index (Phi) is 51.9. The quantitative estimate of drug-likeness (QED) is 0.0346. The van der Waals surface area contributed by atoms with Crippen LogP contribution in [0, 0.1) is 0 Å². The highest BCUT2D eigenvalue weighted by Crippen LogP contribution is 2.16. The normalized spacial score (nSPS) is 12.6. The highest BCUT2D eigenvalue weighted by molar-refractivity contribution is 5.69. The Morgan fingerprint density at radius 3 is 1.02 bits per heavy atom. The molecule has 0 aliphatic carbocycles. The molecule has 5 nitrogen and oxygen atoms in total. The average Bonchev–Trinajstić information content (AvgIpc) is 3.29. The van der Waals surface area contributed by atoms with Crippen molar-refractivity contribution in [1.29, 1.82) is 0 Å². The standard InChI is InChI=1S/C58H104O5/c1-4-7-10-13-16-19-22-25-27-29-30-31-32-34-37-40-43-46-49-52-58(60)63-55-56(54-62-57(59)51-48-45-42-39-36-24-21-18-15-12-9-6-3)61-53-50-47-44-41-38-35-33-28-26-23-20-17-14-11-8-5-2/h7,10,16,19,25,27,30-31,34,37,56H,4-6,8-9,11-15,17-18,20-24,26,28-29,32-33,35-36,38-55H2,1-3H3/b10-7-,19-16-,27-25-,31-30-,37-34-/t56-/m0/s1. The SMILES string of the molecule is CC/C=C\C/C=C\C/C=C\C/C=C\C/C=C\CCCCCC(=O)OC[C@H](COC(=O)CCCCCCCCCCCCCC)OCCCCCCCCCCCCCCCCCC. The first-order chi connectivity index (χ1) is 31.1. The number of carbonyl (C=O) groups is 2. The van der Waals surface area contributed by atoms with Crippen LogP contribution >= 0.6 is 0 Å². The van der Waals surface area contributed by atoms with Crippen molar-refractivity contribution < 1.29 is 23.8 Å². The summed E-state index contributed by atoms with van der Waals surface area (Å²) >= 11 is 0. The van der Waals surface area contributed by atoms with Gasteiger partial charge < -0.3 is 14.2 Å². The zero-order valence-corrected chi connectivity index (χ0v) is 42.1. The van der Waals surface area contributed by atoms with E-state index in [1.807, 2.05) is 0 Å². The first-order valence-corrected chi connectivity index (χ1v) is 27.3. The summed E-state index contributed by atoms with van der Waals surface area (Å²) in [4.78, 5) is 25.2. The molecule has 0 rings (SSSR count). The minimum atomic E-state index is -0.411. The first kappa shape index (κ1) is 60.6. The lowest BCUT2D eigenvalue weighted by Crippen LogP contribution is -2.29. The second-order valence-corrected chi connectivity index (χ2v) is 18.1. The van der Waals surface area contributed by atoms with Gasteiger partial charge in [0.05, 0.1) is 0 Å². The van der Waals surface area contributed by atoms with Crippen molar-refractivity contribution in [2.45, 2.75) is 277 Å². The van der Waals surface area contributed by atoms with Crippen LogP contribution in [0.25, 0.3) is 0 Å². The summed E-state index contributed by atoms with van der Waals surface area (Å²) in [6.07, 6.45) is 68.2. The number of allylic oxidation sites excluding steroid dienone is 10. The lowest BCUT2D eigenvalue weighted by molar-refractivity contribution is -0.155. The molecule has 0 radical (unpaired) electrons. The number of rotatable bonds is 50. The molecule has 0 spiro atoms. The van der Waals surface area contributed by atoms with Crippen LogP contribution in [0.15, 0.2) is 60.8 Å². The third-order valence-electron chi connectivity index (χ3n) is 11.9. The maximum atomic E-state index is 12.6. The van der Waals surface area contributed by atoms with Gasteiger partial charge in [0.25, 0.3) is 0 Å². The molecule has 0 unspecified atom stereocenters. The first-order valence-electron chi connectivity index (χ1n) is 27.3. The van der Waals surface area contributed by atoms with Crippen LogP contribution in [0.5, 0.6) is 0 Å².